The molecule has 0 amide bonds. The number of nitrogen functional groups attached to an aromatic ring is 1. The number of aliphatic hydroxyl groups is 4. The van der Waals surface area contributed by atoms with Crippen LogP contribution in [-0.4, -0.2) is 209 Å². The fourth-order valence-electron chi connectivity index (χ4n) is 12.2. The predicted molar refractivity (Wildman–Crippen MR) is 302 cm³/mol. The number of nitrogens with two attached hydrogens (primary N) is 1. The summed E-state index contributed by atoms with van der Waals surface area (Å²) in [4.78, 5) is 30.5. The first-order valence-electron chi connectivity index (χ1n) is 28.6. The van der Waals surface area contributed by atoms with Gasteiger partial charge in [0.2, 0.25) is 12.7 Å². The second kappa shape index (κ2) is 29.8. The topological polar surface area (TPSA) is 298 Å². The molecule has 468 valence electrons. The monoisotopic (exact) mass is 1180 g/mol. The van der Waals surface area contributed by atoms with Gasteiger partial charge >= 0.3 is 5.97 Å². The maximum absolute atomic E-state index is 15.0. The van der Waals surface area contributed by atoms with Crippen LogP contribution in [0.5, 0.6) is 0 Å². The summed E-state index contributed by atoms with van der Waals surface area (Å²) in [7, 11) is 7.90. The molecule has 3 saturated heterocycles. The Morgan fingerprint density at radius 1 is 0.904 bits per heavy atom. The van der Waals surface area contributed by atoms with Gasteiger partial charge in [-0.05, 0) is 79.0 Å². The maximum Gasteiger partial charge on any atom is 0.311 e. The summed E-state index contributed by atoms with van der Waals surface area (Å²) in [5.41, 5.74) is 4.51. The molecule has 0 spiro atoms. The number of methoxy groups -OCH3 is 4. The lowest BCUT2D eigenvalue weighted by atomic mass is 9.73. The van der Waals surface area contributed by atoms with Crippen LogP contribution in [-0.2, 0) is 63.4 Å². The van der Waals surface area contributed by atoms with E-state index in [0.29, 0.717) is 30.8 Å². The molecule has 3 aromatic rings. The Bertz CT molecular complexity index is 2500. The van der Waals surface area contributed by atoms with Crippen LogP contribution in [0.3, 0.4) is 0 Å². The normalized spacial score (nSPS) is 36.3. The zero-order chi connectivity index (χ0) is 61.1. The highest BCUT2D eigenvalue weighted by Crippen LogP contribution is 2.43. The number of hydrogen-bond acceptors (Lipinski definition) is 23. The number of rotatable bonds is 22. The van der Waals surface area contributed by atoms with Gasteiger partial charge in [0.15, 0.2) is 12.6 Å². The van der Waals surface area contributed by atoms with E-state index >= 15 is 4.39 Å². The zero-order valence-electron chi connectivity index (χ0n) is 51.0. The van der Waals surface area contributed by atoms with Crippen LogP contribution >= 0.6 is 0 Å². The first-order chi connectivity index (χ1) is 39.3. The summed E-state index contributed by atoms with van der Waals surface area (Å²) in [6, 6.07) is 6.12. The third-order valence-corrected chi connectivity index (χ3v) is 17.3. The number of ether oxygens (including phenoxy) is 10. The molecule has 3 fully saturated rings. The van der Waals surface area contributed by atoms with E-state index in [1.54, 1.807) is 53.2 Å². The van der Waals surface area contributed by atoms with E-state index in [-0.39, 0.29) is 38.8 Å². The lowest BCUT2D eigenvalue weighted by Crippen LogP contribution is -2.61. The van der Waals surface area contributed by atoms with E-state index in [0.717, 1.165) is 16.7 Å². The second-order valence-electron chi connectivity index (χ2n) is 23.4. The molecule has 2 aromatic heterocycles. The first kappa shape index (κ1) is 67.7. The van der Waals surface area contributed by atoms with E-state index in [9.17, 15) is 25.2 Å². The van der Waals surface area contributed by atoms with Crippen molar-refractivity contribution < 1.29 is 81.8 Å². The summed E-state index contributed by atoms with van der Waals surface area (Å²) >= 11 is 0. The number of halogens is 1. The molecule has 0 unspecified atom stereocenters. The molecule has 20 atom stereocenters. The lowest BCUT2D eigenvalue weighted by molar-refractivity contribution is -0.319. The number of oxime groups is 1. The van der Waals surface area contributed by atoms with E-state index in [1.807, 2.05) is 63.9 Å². The standard InChI is InChI=1S/C58H93FN8O16/c1-16-44-58(10,72)50(69)34(4)46(64-78-31-77-30-73-12)32(2)24-57(9,76-15)52(35(5)48(36(6)53(71)81-44)82-45-25-56(8,75-14)51(70)37(7)80-45)83-54-47(68)42(23-33(3)79-54)66(11)22-21-41-29-67(65-63-41)43(26-59)49(74-13)39-19-17-38(18-20-39)40-27-61-55(60)62-28-40/h17-20,27-29,32-37,42-45,47-52,54,68-70,72H,16,21-26,30-31H2,1-15H3,(H2,60,61,62)/b64-46+/t32-,33-,34+,35+,36-,37+,42+,43-,44-,45+,47-,48+,49-,50-,51+,52-,54+,56-,57-,58-/m1/s1. The SMILES string of the molecule is CC[C@H]1OC(=O)[C@H](C)[C@@H](O[C@H]2C[C@@](C)(OC)[C@@H](O)[C@H](C)O2)[C@H](C)[C@@H](O[C@@H]2O[C@H](C)C[C@H](N(C)CCc3cn([C@H](CF)[C@H](OC)c4ccc(-c5cnc(N)nc5)cc4)nn3)[C@H]2O)[C@](C)(OC)C[C@@H](C)/C(=N\OCOCOC)[C@H](C)[C@@H](O)[C@]1(C)O. The third kappa shape index (κ3) is 16.0. The van der Waals surface area contributed by atoms with Gasteiger partial charge in [-0.1, -0.05) is 62.3 Å². The number of carbonyl (C=O) groups excluding carboxylic acids is 1. The van der Waals surface area contributed by atoms with Crippen molar-refractivity contribution in [2.24, 2.45) is 28.8 Å². The average molecular weight is 1180 g/mol. The number of esters is 1. The van der Waals surface area contributed by atoms with Crippen LogP contribution in [0, 0.1) is 23.7 Å². The van der Waals surface area contributed by atoms with E-state index in [4.69, 9.17) is 57.9 Å². The summed E-state index contributed by atoms with van der Waals surface area (Å²) in [6.45, 7) is 16.7. The number of cyclic esters (lactones) is 1. The van der Waals surface area contributed by atoms with Crippen molar-refractivity contribution in [3.05, 3.63) is 54.1 Å². The summed E-state index contributed by atoms with van der Waals surface area (Å²) in [5.74, 6) is -3.95. The lowest BCUT2D eigenvalue weighted by Gasteiger charge is -2.50. The molecular formula is C58H93FN8O16. The fourth-order valence-corrected chi connectivity index (χ4v) is 12.2. The molecule has 25 heteroatoms. The first-order valence-corrected chi connectivity index (χ1v) is 28.6. The summed E-state index contributed by atoms with van der Waals surface area (Å²) in [6.07, 6.45) is -5.26. The third-order valence-electron chi connectivity index (χ3n) is 17.3. The minimum atomic E-state index is -2.00. The Hall–Kier alpha value is -4.45. The molecule has 0 radical (unpaired) electrons. The van der Waals surface area contributed by atoms with Crippen molar-refractivity contribution in [1.29, 1.82) is 0 Å². The highest BCUT2D eigenvalue weighted by atomic mass is 19.1. The van der Waals surface area contributed by atoms with Crippen molar-refractivity contribution in [3.63, 3.8) is 0 Å². The number of aliphatic hydroxyl groups excluding tert-OH is 3. The summed E-state index contributed by atoms with van der Waals surface area (Å²) in [5, 5.41) is 61.3. The Labute approximate surface area is 487 Å². The highest BCUT2D eigenvalue weighted by molar-refractivity contribution is 5.88. The number of likely N-dealkylation sites (N-methyl/N-ethyl adjacent to an activating group) is 1. The maximum atomic E-state index is 15.0. The van der Waals surface area contributed by atoms with Crippen LogP contribution in [0.2, 0.25) is 0 Å². The van der Waals surface area contributed by atoms with Gasteiger partial charge in [-0.15, -0.1) is 5.10 Å². The molecule has 6 rings (SSSR count). The van der Waals surface area contributed by atoms with Crippen molar-refractivity contribution >= 4 is 17.6 Å². The van der Waals surface area contributed by atoms with Gasteiger partial charge in [0.25, 0.3) is 0 Å². The van der Waals surface area contributed by atoms with Gasteiger partial charge in [0, 0.05) is 95.8 Å². The van der Waals surface area contributed by atoms with Crippen LogP contribution in [0.4, 0.5) is 10.3 Å². The van der Waals surface area contributed by atoms with Gasteiger partial charge in [-0.25, -0.2) is 19.0 Å². The van der Waals surface area contributed by atoms with Gasteiger partial charge < -0.3 is 83.3 Å². The molecule has 1 aromatic carbocycles. The van der Waals surface area contributed by atoms with Crippen molar-refractivity contribution in [3.8, 4) is 11.1 Å². The molecular weight excluding hydrogens is 1080 g/mol. The predicted octanol–water partition coefficient (Wildman–Crippen LogP) is 4.96. The molecule has 3 aliphatic heterocycles. The van der Waals surface area contributed by atoms with Gasteiger partial charge in [0.1, 0.15) is 49.5 Å². The van der Waals surface area contributed by atoms with Crippen LogP contribution in [0.1, 0.15) is 118 Å². The Balaban J connectivity index is 1.31. The Kier molecular flexibility index (Phi) is 24.3. The van der Waals surface area contributed by atoms with E-state index < -0.39 is 133 Å². The molecule has 5 heterocycles. The number of hydrogen-bond donors (Lipinski definition) is 5. The quantitative estimate of drug-likeness (QED) is 0.0384. The molecule has 0 saturated carbocycles. The Morgan fingerprint density at radius 3 is 2.19 bits per heavy atom. The molecule has 0 bridgehead atoms. The van der Waals surface area contributed by atoms with Crippen LogP contribution in [0.15, 0.2) is 48.0 Å². The smallest absolute Gasteiger partial charge is 0.311 e. The molecule has 6 N–H and O–H groups in total. The molecule has 3 aliphatic rings. The number of anilines is 1. The van der Waals surface area contributed by atoms with Crippen molar-refractivity contribution in [2.45, 2.75) is 198 Å². The second-order valence-corrected chi connectivity index (χ2v) is 23.4. The molecule has 0 aliphatic carbocycles. The molecule has 83 heavy (non-hydrogen) atoms. The minimum absolute atomic E-state index is 0.0692. The summed E-state index contributed by atoms with van der Waals surface area (Å²) < 4.78 is 78.3. The van der Waals surface area contributed by atoms with E-state index in [1.165, 1.54) is 40.0 Å². The number of nitrogens with zero attached hydrogens (tertiary/aromatic N) is 7. The fraction of sp³-hybridized carbons (Fsp3) is 0.759. The van der Waals surface area contributed by atoms with Gasteiger partial charge in [0.05, 0.1) is 59.0 Å². The highest BCUT2D eigenvalue weighted by Gasteiger charge is 2.54. The number of alkyl halides is 1. The minimum Gasteiger partial charge on any atom is -0.459 e. The van der Waals surface area contributed by atoms with Crippen LogP contribution in [0.25, 0.3) is 11.1 Å². The van der Waals surface area contributed by atoms with Crippen LogP contribution < -0.4 is 5.73 Å². The largest absolute Gasteiger partial charge is 0.459 e. The Morgan fingerprint density at radius 2 is 1.58 bits per heavy atom. The zero-order valence-corrected chi connectivity index (χ0v) is 51.0. The van der Waals surface area contributed by atoms with E-state index in [2.05, 4.69) is 25.4 Å². The van der Waals surface area contributed by atoms with Gasteiger partial charge in [-0.2, -0.15) is 0 Å². The average Bonchev–Trinajstić information content (AvgIpc) is 3.31. The van der Waals surface area contributed by atoms with Crippen molar-refractivity contribution in [1.82, 2.24) is 29.9 Å². The number of carbonyl (C=O) groups is 1. The van der Waals surface area contributed by atoms with Crippen molar-refractivity contribution in [2.75, 3.05) is 68.0 Å². The number of aromatic nitrogens is 5. The number of benzene rings is 1. The van der Waals surface area contributed by atoms with Gasteiger partial charge in [-0.3, -0.25) is 4.79 Å². The molecule has 24 nitrogen and oxygen atoms in total.